The Bertz CT molecular complexity index is 252. The summed E-state index contributed by atoms with van der Waals surface area (Å²) in [6, 6.07) is 0. The van der Waals surface area contributed by atoms with Crippen LogP contribution in [0.25, 0.3) is 0 Å². The minimum Gasteiger partial charge on any atom is -0.465 e. The van der Waals surface area contributed by atoms with E-state index < -0.39 is 5.97 Å². The van der Waals surface area contributed by atoms with Crippen LogP contribution in [0.3, 0.4) is 0 Å². The summed E-state index contributed by atoms with van der Waals surface area (Å²) in [5.41, 5.74) is 1.07. The Hall–Kier alpha value is -1.64. The number of aliphatic imine (C=N–C) groups is 1. The van der Waals surface area contributed by atoms with E-state index in [1.807, 2.05) is 0 Å². The Kier molecular flexibility index (Phi) is 10.0. The molecular formula is C11H17NO2. The van der Waals surface area contributed by atoms with Crippen molar-refractivity contribution in [1.82, 2.24) is 0 Å². The van der Waals surface area contributed by atoms with Gasteiger partial charge in [-0.1, -0.05) is 12.7 Å². The van der Waals surface area contributed by atoms with E-state index in [1.165, 1.54) is 7.11 Å². The molecule has 0 heterocycles. The second kappa shape index (κ2) is 9.45. The molecule has 0 aliphatic rings. The van der Waals surface area contributed by atoms with Crippen LogP contribution >= 0.6 is 0 Å². The number of hydrogen-bond donors (Lipinski definition) is 0. The van der Waals surface area contributed by atoms with E-state index in [4.69, 9.17) is 0 Å². The first-order chi connectivity index (χ1) is 6.61. The van der Waals surface area contributed by atoms with Crippen molar-refractivity contribution < 1.29 is 9.53 Å². The lowest BCUT2D eigenvalue weighted by molar-refractivity contribution is -0.132. The zero-order valence-corrected chi connectivity index (χ0v) is 9.04. The summed E-state index contributed by atoms with van der Waals surface area (Å²) < 4.78 is 4.47. The third-order valence-corrected chi connectivity index (χ3v) is 1.18. The summed E-state index contributed by atoms with van der Waals surface area (Å²) in [5.74, 6) is -0.410. The van der Waals surface area contributed by atoms with Gasteiger partial charge in [0.1, 0.15) is 5.71 Å². The number of carbonyl (C=O) groups excluding carboxylic acids is 1. The van der Waals surface area contributed by atoms with E-state index in [0.717, 1.165) is 5.70 Å². The van der Waals surface area contributed by atoms with E-state index in [2.05, 4.69) is 29.5 Å². The van der Waals surface area contributed by atoms with Crippen molar-refractivity contribution >= 4 is 11.7 Å². The van der Waals surface area contributed by atoms with Crippen LogP contribution in [-0.2, 0) is 9.53 Å². The number of hydrogen-bond acceptors (Lipinski definition) is 3. The van der Waals surface area contributed by atoms with Crippen molar-refractivity contribution in [2.45, 2.75) is 13.8 Å². The van der Waals surface area contributed by atoms with Crippen molar-refractivity contribution in [2.75, 3.05) is 7.11 Å². The second-order valence-electron chi connectivity index (χ2n) is 2.23. The van der Waals surface area contributed by atoms with Crippen molar-refractivity contribution in [2.24, 2.45) is 4.99 Å². The molecule has 0 N–H and O–H groups in total. The van der Waals surface area contributed by atoms with Crippen LogP contribution in [0.2, 0.25) is 0 Å². The second-order valence-corrected chi connectivity index (χ2v) is 2.23. The molecule has 0 spiro atoms. The van der Waals surface area contributed by atoms with Gasteiger partial charge in [0.25, 0.3) is 0 Å². The van der Waals surface area contributed by atoms with Crippen molar-refractivity contribution in [1.29, 1.82) is 0 Å². The summed E-state index contributed by atoms with van der Waals surface area (Å²) in [5, 5.41) is 0. The third-order valence-electron chi connectivity index (χ3n) is 1.18. The predicted octanol–water partition coefficient (Wildman–Crippen LogP) is 2.51. The van der Waals surface area contributed by atoms with Crippen LogP contribution in [0, 0.1) is 0 Å². The van der Waals surface area contributed by atoms with Gasteiger partial charge in [0, 0.05) is 5.70 Å². The Morgan fingerprint density at radius 2 is 1.86 bits per heavy atom. The smallest absolute Gasteiger partial charge is 0.352 e. The molecule has 0 fully saturated rings. The lowest BCUT2D eigenvalue weighted by Crippen LogP contribution is -2.11. The number of nitrogens with zero attached hydrogens (tertiary/aromatic N) is 1. The Morgan fingerprint density at radius 3 is 2.21 bits per heavy atom. The number of rotatable bonds is 3. The Morgan fingerprint density at radius 1 is 1.36 bits per heavy atom. The first-order valence-electron chi connectivity index (χ1n) is 4.04. The van der Waals surface area contributed by atoms with Gasteiger partial charge >= 0.3 is 5.97 Å². The molecule has 0 atom stereocenters. The summed E-state index contributed by atoms with van der Waals surface area (Å²) in [7, 11) is 1.33. The maximum Gasteiger partial charge on any atom is 0.352 e. The molecule has 0 radical (unpaired) electrons. The number of methoxy groups -OCH3 is 1. The standard InChI is InChI=1S/C9H13NO2.C2H4/c1-5-6-7(2)10-8(3)9(11)12-4;1-2/h5-6H,1H2,2-4H3;1-2H2/b7-6-,10-8?;. The maximum absolute atomic E-state index is 10.8. The SMILES string of the molecule is C=C.C=C/C=C(/C)N=C(C)C(=O)OC. The van der Waals surface area contributed by atoms with Gasteiger partial charge in [0.2, 0.25) is 0 Å². The number of allylic oxidation sites excluding steroid dienone is 3. The average molecular weight is 195 g/mol. The molecule has 0 aromatic rings. The monoisotopic (exact) mass is 195 g/mol. The zero-order chi connectivity index (χ0) is 11.6. The minimum absolute atomic E-state index is 0.341. The highest BCUT2D eigenvalue weighted by molar-refractivity contribution is 6.35. The van der Waals surface area contributed by atoms with Crippen LogP contribution in [0.5, 0.6) is 0 Å². The lowest BCUT2D eigenvalue weighted by Gasteiger charge is -1.97. The minimum atomic E-state index is -0.410. The van der Waals surface area contributed by atoms with Gasteiger partial charge in [-0.2, -0.15) is 0 Å². The van der Waals surface area contributed by atoms with Crippen LogP contribution in [0.4, 0.5) is 0 Å². The van der Waals surface area contributed by atoms with Crippen LogP contribution in [0.1, 0.15) is 13.8 Å². The van der Waals surface area contributed by atoms with E-state index >= 15 is 0 Å². The summed E-state index contributed by atoms with van der Waals surface area (Å²) in [6.07, 6.45) is 3.33. The molecule has 78 valence electrons. The van der Waals surface area contributed by atoms with Crippen LogP contribution < -0.4 is 0 Å². The quantitative estimate of drug-likeness (QED) is 0.300. The molecule has 3 nitrogen and oxygen atoms in total. The Balaban J connectivity index is 0. The van der Waals surface area contributed by atoms with Gasteiger partial charge in [-0.15, -0.1) is 13.2 Å². The summed E-state index contributed by atoms with van der Waals surface area (Å²) in [6.45, 7) is 12.9. The van der Waals surface area contributed by atoms with Crippen LogP contribution in [0.15, 0.2) is 42.6 Å². The molecule has 0 saturated carbocycles. The largest absolute Gasteiger partial charge is 0.465 e. The fraction of sp³-hybridized carbons (Fsp3) is 0.273. The summed E-state index contributed by atoms with van der Waals surface area (Å²) in [4.78, 5) is 14.8. The maximum atomic E-state index is 10.8. The number of esters is 1. The van der Waals surface area contributed by atoms with E-state index in [1.54, 1.807) is 26.0 Å². The molecule has 0 aromatic heterocycles. The van der Waals surface area contributed by atoms with Crippen LogP contribution in [-0.4, -0.2) is 18.8 Å². The average Bonchev–Trinajstić information content (AvgIpc) is 2.19. The van der Waals surface area contributed by atoms with Gasteiger partial charge in [-0.3, -0.25) is 4.99 Å². The van der Waals surface area contributed by atoms with Gasteiger partial charge in [0.15, 0.2) is 0 Å². The first kappa shape index (κ1) is 14.9. The van der Waals surface area contributed by atoms with E-state index in [-0.39, 0.29) is 0 Å². The molecule has 14 heavy (non-hydrogen) atoms. The van der Waals surface area contributed by atoms with Crippen molar-refractivity contribution in [3.8, 4) is 0 Å². The molecule has 0 rings (SSSR count). The topological polar surface area (TPSA) is 38.7 Å². The molecule has 3 heteroatoms. The Labute approximate surface area is 85.5 Å². The van der Waals surface area contributed by atoms with Gasteiger partial charge in [-0.25, -0.2) is 4.79 Å². The third kappa shape index (κ3) is 7.03. The van der Waals surface area contributed by atoms with Gasteiger partial charge < -0.3 is 4.74 Å². The fourth-order valence-electron chi connectivity index (χ4n) is 0.666. The highest BCUT2D eigenvalue weighted by atomic mass is 16.5. The van der Waals surface area contributed by atoms with Gasteiger partial charge in [-0.05, 0) is 19.9 Å². The molecule has 0 bridgehead atoms. The zero-order valence-electron chi connectivity index (χ0n) is 9.04. The fourth-order valence-corrected chi connectivity index (χ4v) is 0.666. The van der Waals surface area contributed by atoms with E-state index in [9.17, 15) is 4.79 Å². The van der Waals surface area contributed by atoms with Crippen molar-refractivity contribution in [3.63, 3.8) is 0 Å². The predicted molar refractivity (Wildman–Crippen MR) is 60.3 cm³/mol. The molecule has 0 aliphatic heterocycles. The highest BCUT2D eigenvalue weighted by Crippen LogP contribution is 1.96. The summed E-state index contributed by atoms with van der Waals surface area (Å²) >= 11 is 0. The lowest BCUT2D eigenvalue weighted by atomic mass is 10.4. The van der Waals surface area contributed by atoms with Gasteiger partial charge in [0.05, 0.1) is 7.11 Å². The molecule has 0 unspecified atom stereocenters. The number of ether oxygens (including phenoxy) is 1. The molecule has 0 saturated heterocycles. The molecular weight excluding hydrogens is 178 g/mol. The highest BCUT2D eigenvalue weighted by Gasteiger charge is 2.03. The molecule has 0 aromatic carbocycles. The van der Waals surface area contributed by atoms with E-state index in [0.29, 0.717) is 5.71 Å². The number of carbonyl (C=O) groups is 1. The van der Waals surface area contributed by atoms with Crippen molar-refractivity contribution in [3.05, 3.63) is 37.6 Å². The molecule has 0 aliphatic carbocycles. The first-order valence-corrected chi connectivity index (χ1v) is 4.04. The molecule has 0 amide bonds. The normalized spacial score (nSPS) is 11.1.